The van der Waals surface area contributed by atoms with Crippen molar-refractivity contribution in [2.45, 2.75) is 0 Å². The highest BCUT2D eigenvalue weighted by molar-refractivity contribution is 6.38. The van der Waals surface area contributed by atoms with Gasteiger partial charge in [-0.1, -0.05) is 23.2 Å². The molecule has 0 bridgehead atoms. The molecule has 0 saturated carbocycles. The van der Waals surface area contributed by atoms with Crippen molar-refractivity contribution in [3.05, 3.63) is 22.2 Å². The first kappa shape index (κ1) is 10.2. The third kappa shape index (κ3) is 1.53. The van der Waals surface area contributed by atoms with E-state index in [0.717, 1.165) is 0 Å². The van der Waals surface area contributed by atoms with Gasteiger partial charge in [-0.15, -0.1) is 0 Å². The van der Waals surface area contributed by atoms with Crippen LogP contribution >= 0.6 is 23.2 Å². The Balaban J connectivity index is 2.82. The van der Waals surface area contributed by atoms with Gasteiger partial charge in [0, 0.05) is 0 Å². The molecule has 0 aliphatic rings. The number of fused-ring (bicyclic) bond motifs is 1. The second-order valence-electron chi connectivity index (χ2n) is 2.69. The van der Waals surface area contributed by atoms with Crippen molar-refractivity contribution in [2.75, 3.05) is 7.11 Å². The summed E-state index contributed by atoms with van der Waals surface area (Å²) in [5.41, 5.74) is 0.924. The van der Waals surface area contributed by atoms with E-state index in [4.69, 9.17) is 23.2 Å². The van der Waals surface area contributed by atoms with Crippen LogP contribution in [0.1, 0.15) is 10.4 Å². The summed E-state index contributed by atoms with van der Waals surface area (Å²) in [4.78, 5) is 21.9. The van der Waals surface area contributed by atoms with Crippen LogP contribution in [0.4, 0.5) is 0 Å². The van der Waals surface area contributed by atoms with Gasteiger partial charge in [0.1, 0.15) is 21.7 Å². The molecule has 0 aliphatic heterocycles. The summed E-state index contributed by atoms with van der Waals surface area (Å²) in [5.74, 6) is -0.596. The summed E-state index contributed by atoms with van der Waals surface area (Å²) in [5, 5.41) is 0.145. The minimum atomic E-state index is -0.596. The molecule has 0 aliphatic carbocycles. The van der Waals surface area contributed by atoms with Crippen LogP contribution in [-0.2, 0) is 4.74 Å². The fourth-order valence-electron chi connectivity index (χ4n) is 1.22. The smallest absolute Gasteiger partial charge is 0.343 e. The number of ether oxygens (including phenoxy) is 1. The van der Waals surface area contributed by atoms with Crippen molar-refractivity contribution >= 4 is 40.2 Å². The first-order chi connectivity index (χ1) is 7.15. The van der Waals surface area contributed by atoms with Crippen LogP contribution in [0.25, 0.3) is 11.0 Å². The number of halogens is 2. The quantitative estimate of drug-likeness (QED) is 0.617. The zero-order valence-corrected chi connectivity index (χ0v) is 9.06. The molecule has 0 aromatic carbocycles. The average molecular weight is 246 g/mol. The van der Waals surface area contributed by atoms with Gasteiger partial charge >= 0.3 is 5.97 Å². The van der Waals surface area contributed by atoms with Crippen molar-refractivity contribution < 1.29 is 9.53 Å². The molecule has 2 rings (SSSR count). The number of aromatic nitrogens is 3. The average Bonchev–Trinajstić information content (AvgIpc) is 2.66. The number of methoxy groups -OCH3 is 1. The third-order valence-electron chi connectivity index (χ3n) is 1.87. The molecular formula is C8H5Cl2N3O2. The zero-order chi connectivity index (χ0) is 11.0. The standard InChI is InChI=1S/C8H5Cl2N3O2/c1-15-8(14)3-4-5(12-2-11-4)7(10)13-6(3)9/h2H,1H3,(H,11,12). The highest BCUT2D eigenvalue weighted by Crippen LogP contribution is 2.27. The number of nitrogens with one attached hydrogen (secondary N) is 1. The number of H-pyrrole nitrogens is 1. The molecule has 15 heavy (non-hydrogen) atoms. The molecule has 5 nitrogen and oxygen atoms in total. The van der Waals surface area contributed by atoms with Crippen LogP contribution in [0.3, 0.4) is 0 Å². The lowest BCUT2D eigenvalue weighted by atomic mass is 10.2. The molecule has 78 valence electrons. The van der Waals surface area contributed by atoms with Gasteiger partial charge in [0.25, 0.3) is 0 Å². The molecule has 2 heterocycles. The lowest BCUT2D eigenvalue weighted by Gasteiger charge is -2.03. The van der Waals surface area contributed by atoms with Crippen LogP contribution in [0.2, 0.25) is 10.3 Å². The molecule has 0 radical (unpaired) electrons. The van der Waals surface area contributed by atoms with Gasteiger partial charge in [-0.05, 0) is 0 Å². The van der Waals surface area contributed by atoms with Crippen LogP contribution < -0.4 is 0 Å². The van der Waals surface area contributed by atoms with Crippen LogP contribution in [0.5, 0.6) is 0 Å². The fourth-order valence-corrected chi connectivity index (χ4v) is 1.74. The van der Waals surface area contributed by atoms with Crippen molar-refractivity contribution in [2.24, 2.45) is 0 Å². The Labute approximate surface area is 94.4 Å². The molecular weight excluding hydrogens is 241 g/mol. The number of carbonyl (C=O) groups is 1. The van der Waals surface area contributed by atoms with Gasteiger partial charge in [-0.3, -0.25) is 0 Å². The molecule has 0 saturated heterocycles. The van der Waals surface area contributed by atoms with E-state index in [-0.39, 0.29) is 15.9 Å². The highest BCUT2D eigenvalue weighted by Gasteiger charge is 2.20. The Bertz CT molecular complexity index is 538. The number of carbonyl (C=O) groups excluding carboxylic acids is 1. The minimum absolute atomic E-state index is 0.0218. The van der Waals surface area contributed by atoms with E-state index in [1.165, 1.54) is 13.4 Å². The summed E-state index contributed by atoms with van der Waals surface area (Å²) in [6, 6.07) is 0. The summed E-state index contributed by atoms with van der Waals surface area (Å²) in [7, 11) is 1.26. The van der Waals surface area contributed by atoms with Gasteiger partial charge in [0.2, 0.25) is 0 Å². The van der Waals surface area contributed by atoms with Gasteiger partial charge in [-0.2, -0.15) is 0 Å². The summed E-state index contributed by atoms with van der Waals surface area (Å²) in [6.07, 6.45) is 1.40. The van der Waals surface area contributed by atoms with Crippen molar-refractivity contribution in [3.8, 4) is 0 Å². The first-order valence-corrected chi connectivity index (χ1v) is 4.67. The van der Waals surface area contributed by atoms with Crippen LogP contribution in [0, 0.1) is 0 Å². The molecule has 0 fully saturated rings. The number of hydrogen-bond acceptors (Lipinski definition) is 4. The van der Waals surface area contributed by atoms with Crippen molar-refractivity contribution in [1.29, 1.82) is 0 Å². The molecule has 7 heteroatoms. The molecule has 1 N–H and O–H groups in total. The number of rotatable bonds is 1. The maximum Gasteiger partial charge on any atom is 0.343 e. The summed E-state index contributed by atoms with van der Waals surface area (Å²) < 4.78 is 4.57. The molecule has 0 unspecified atom stereocenters. The van der Waals surface area contributed by atoms with E-state index in [2.05, 4.69) is 19.7 Å². The van der Waals surface area contributed by atoms with Crippen molar-refractivity contribution in [1.82, 2.24) is 15.0 Å². The van der Waals surface area contributed by atoms with E-state index in [1.54, 1.807) is 0 Å². The van der Waals surface area contributed by atoms with E-state index in [0.29, 0.717) is 11.0 Å². The van der Waals surface area contributed by atoms with E-state index < -0.39 is 5.97 Å². The molecule has 2 aromatic heterocycles. The fraction of sp³-hybridized carbons (Fsp3) is 0.125. The Hall–Kier alpha value is -1.33. The summed E-state index contributed by atoms with van der Waals surface area (Å²) >= 11 is 11.6. The number of hydrogen-bond donors (Lipinski definition) is 1. The Morgan fingerprint density at radius 3 is 2.87 bits per heavy atom. The minimum Gasteiger partial charge on any atom is -0.465 e. The number of nitrogens with zero attached hydrogens (tertiary/aromatic N) is 2. The topological polar surface area (TPSA) is 67.9 Å². The van der Waals surface area contributed by atoms with Gasteiger partial charge in [-0.25, -0.2) is 14.8 Å². The third-order valence-corrected chi connectivity index (χ3v) is 2.42. The number of imidazole rings is 1. The van der Waals surface area contributed by atoms with Gasteiger partial charge in [0.05, 0.1) is 13.4 Å². The Morgan fingerprint density at radius 1 is 1.47 bits per heavy atom. The second-order valence-corrected chi connectivity index (χ2v) is 3.40. The lowest BCUT2D eigenvalue weighted by Crippen LogP contribution is -2.04. The molecule has 0 amide bonds. The summed E-state index contributed by atoms with van der Waals surface area (Å²) in [6.45, 7) is 0. The first-order valence-electron chi connectivity index (χ1n) is 3.91. The van der Waals surface area contributed by atoms with E-state index >= 15 is 0 Å². The number of aromatic amines is 1. The zero-order valence-electron chi connectivity index (χ0n) is 7.54. The highest BCUT2D eigenvalue weighted by atomic mass is 35.5. The SMILES string of the molecule is COC(=O)c1c(Cl)nc(Cl)c2[nH]cnc12. The Morgan fingerprint density at radius 2 is 2.20 bits per heavy atom. The predicted molar refractivity (Wildman–Crippen MR) is 55.2 cm³/mol. The van der Waals surface area contributed by atoms with Crippen molar-refractivity contribution in [3.63, 3.8) is 0 Å². The molecule has 0 spiro atoms. The normalized spacial score (nSPS) is 10.6. The second kappa shape index (κ2) is 3.67. The Kier molecular flexibility index (Phi) is 2.50. The largest absolute Gasteiger partial charge is 0.465 e. The van der Waals surface area contributed by atoms with Gasteiger partial charge in [0.15, 0.2) is 5.15 Å². The number of esters is 1. The maximum atomic E-state index is 11.4. The molecule has 2 aromatic rings. The van der Waals surface area contributed by atoms with Crippen LogP contribution in [0.15, 0.2) is 6.33 Å². The lowest BCUT2D eigenvalue weighted by molar-refractivity contribution is 0.0602. The van der Waals surface area contributed by atoms with Gasteiger partial charge < -0.3 is 9.72 Å². The van der Waals surface area contributed by atoms with Crippen LogP contribution in [-0.4, -0.2) is 28.0 Å². The predicted octanol–water partition coefficient (Wildman–Crippen LogP) is 2.05. The maximum absolute atomic E-state index is 11.4. The van der Waals surface area contributed by atoms with E-state index in [1.807, 2.05) is 0 Å². The van der Waals surface area contributed by atoms with E-state index in [9.17, 15) is 4.79 Å². The molecule has 0 atom stereocenters. The number of pyridine rings is 1. The monoisotopic (exact) mass is 245 g/mol.